The summed E-state index contributed by atoms with van der Waals surface area (Å²) in [5.41, 5.74) is 0.674. The van der Waals surface area contributed by atoms with E-state index in [-0.39, 0.29) is 11.0 Å². The van der Waals surface area contributed by atoms with Crippen molar-refractivity contribution < 1.29 is 13.2 Å². The summed E-state index contributed by atoms with van der Waals surface area (Å²) >= 11 is 0. The van der Waals surface area contributed by atoms with E-state index in [0.29, 0.717) is 11.3 Å². The molecule has 0 bridgehead atoms. The first-order valence-electron chi connectivity index (χ1n) is 6.59. The van der Waals surface area contributed by atoms with E-state index in [4.69, 9.17) is 4.74 Å². The van der Waals surface area contributed by atoms with Crippen LogP contribution in [-0.2, 0) is 10.0 Å². The summed E-state index contributed by atoms with van der Waals surface area (Å²) in [6.45, 7) is 3.86. The second-order valence-electron chi connectivity index (χ2n) is 4.76. The number of nitrogens with zero attached hydrogens (tertiary/aromatic N) is 1. The Kier molecular flexibility index (Phi) is 4.75. The van der Waals surface area contributed by atoms with Crippen molar-refractivity contribution in [2.24, 2.45) is 4.40 Å². The van der Waals surface area contributed by atoms with Gasteiger partial charge in [-0.3, -0.25) is 0 Å². The Labute approximate surface area is 125 Å². The predicted molar refractivity (Wildman–Crippen MR) is 83.4 cm³/mol. The molecule has 2 aromatic carbocycles. The molecule has 0 atom stereocenters. The van der Waals surface area contributed by atoms with Crippen molar-refractivity contribution >= 4 is 16.2 Å². The van der Waals surface area contributed by atoms with Crippen LogP contribution >= 0.6 is 0 Å². The zero-order chi connectivity index (χ0) is 15.3. The lowest BCUT2D eigenvalue weighted by Gasteiger charge is -2.09. The van der Waals surface area contributed by atoms with E-state index >= 15 is 0 Å². The third-order valence-corrected chi connectivity index (χ3v) is 3.86. The molecular formula is C16H17NO3S. The third kappa shape index (κ3) is 4.43. The van der Waals surface area contributed by atoms with Gasteiger partial charge in [-0.15, -0.1) is 0 Å². The van der Waals surface area contributed by atoms with E-state index < -0.39 is 10.0 Å². The van der Waals surface area contributed by atoms with E-state index in [9.17, 15) is 8.42 Å². The minimum Gasteiger partial charge on any atom is -0.491 e. The highest BCUT2D eigenvalue weighted by atomic mass is 32.2. The number of hydrogen-bond donors (Lipinski definition) is 0. The second kappa shape index (κ2) is 6.54. The van der Waals surface area contributed by atoms with E-state index in [1.165, 1.54) is 18.3 Å². The zero-order valence-corrected chi connectivity index (χ0v) is 12.7. The Balaban J connectivity index is 2.21. The summed E-state index contributed by atoms with van der Waals surface area (Å²) in [7, 11) is -3.67. The third-order valence-electron chi connectivity index (χ3n) is 2.61. The lowest BCUT2D eigenvalue weighted by molar-refractivity contribution is 0.242. The standard InChI is InChI=1S/C16H17NO3S/c1-13(2)20-15-8-6-7-14(11-15)12-17-21(18,19)16-9-4-3-5-10-16/h3-13H,1-2H3/b17-12-. The van der Waals surface area contributed by atoms with E-state index in [1.54, 1.807) is 36.4 Å². The van der Waals surface area contributed by atoms with Gasteiger partial charge in [0.25, 0.3) is 10.0 Å². The molecule has 0 aliphatic carbocycles. The van der Waals surface area contributed by atoms with E-state index in [0.717, 1.165) is 0 Å². The number of hydrogen-bond acceptors (Lipinski definition) is 3. The Morgan fingerprint density at radius 1 is 1.05 bits per heavy atom. The molecule has 0 saturated heterocycles. The lowest BCUT2D eigenvalue weighted by Crippen LogP contribution is -2.05. The summed E-state index contributed by atoms with van der Waals surface area (Å²) in [4.78, 5) is 0.177. The monoisotopic (exact) mass is 303 g/mol. The van der Waals surface area contributed by atoms with Gasteiger partial charge in [-0.25, -0.2) is 0 Å². The van der Waals surface area contributed by atoms with Gasteiger partial charge >= 0.3 is 0 Å². The van der Waals surface area contributed by atoms with Crippen molar-refractivity contribution in [3.8, 4) is 5.75 Å². The van der Waals surface area contributed by atoms with Crippen molar-refractivity contribution in [2.45, 2.75) is 24.8 Å². The molecular weight excluding hydrogens is 286 g/mol. The van der Waals surface area contributed by atoms with Crippen molar-refractivity contribution in [2.75, 3.05) is 0 Å². The van der Waals surface area contributed by atoms with Gasteiger partial charge in [0, 0.05) is 6.21 Å². The molecule has 0 fully saturated rings. The fraction of sp³-hybridized carbons (Fsp3) is 0.188. The summed E-state index contributed by atoms with van der Waals surface area (Å²) in [6, 6.07) is 15.3. The fourth-order valence-corrected chi connectivity index (χ4v) is 2.61. The smallest absolute Gasteiger partial charge is 0.282 e. The summed E-state index contributed by atoms with van der Waals surface area (Å²) in [5.74, 6) is 0.686. The van der Waals surface area contributed by atoms with Crippen molar-refractivity contribution in [1.82, 2.24) is 0 Å². The molecule has 0 heterocycles. The maximum atomic E-state index is 12.0. The molecule has 0 unspecified atom stereocenters. The molecule has 0 aromatic heterocycles. The normalized spacial score (nSPS) is 12.0. The SMILES string of the molecule is CC(C)Oc1cccc(/C=N\S(=O)(=O)c2ccccc2)c1. The molecule has 2 rings (SSSR count). The van der Waals surface area contributed by atoms with Gasteiger partial charge in [-0.05, 0) is 43.7 Å². The van der Waals surface area contributed by atoms with Gasteiger partial charge in [0.05, 0.1) is 11.0 Å². The van der Waals surface area contributed by atoms with Gasteiger partial charge < -0.3 is 4.74 Å². The lowest BCUT2D eigenvalue weighted by atomic mass is 10.2. The molecule has 2 aromatic rings. The van der Waals surface area contributed by atoms with Crippen LogP contribution in [0.1, 0.15) is 19.4 Å². The van der Waals surface area contributed by atoms with Gasteiger partial charge in [0.1, 0.15) is 5.75 Å². The van der Waals surface area contributed by atoms with Crippen LogP contribution in [-0.4, -0.2) is 20.7 Å². The minimum absolute atomic E-state index is 0.0604. The van der Waals surface area contributed by atoms with E-state index in [2.05, 4.69) is 4.40 Å². The summed E-state index contributed by atoms with van der Waals surface area (Å²) < 4.78 is 33.3. The summed E-state index contributed by atoms with van der Waals surface area (Å²) in [6.07, 6.45) is 1.39. The van der Waals surface area contributed by atoms with Gasteiger partial charge in [0.15, 0.2) is 0 Å². The molecule has 0 spiro atoms. The Bertz CT molecular complexity index is 722. The maximum Gasteiger partial charge on any atom is 0.282 e. The molecule has 0 aliphatic heterocycles. The number of benzene rings is 2. The molecule has 0 N–H and O–H groups in total. The van der Waals surface area contributed by atoms with Gasteiger partial charge in [0.2, 0.25) is 0 Å². The fourth-order valence-electron chi connectivity index (χ4n) is 1.72. The first-order chi connectivity index (χ1) is 9.97. The maximum absolute atomic E-state index is 12.0. The highest BCUT2D eigenvalue weighted by Crippen LogP contribution is 2.15. The molecule has 21 heavy (non-hydrogen) atoms. The first kappa shape index (κ1) is 15.3. The average Bonchev–Trinajstić information content (AvgIpc) is 2.46. The quantitative estimate of drug-likeness (QED) is 0.796. The van der Waals surface area contributed by atoms with Crippen molar-refractivity contribution in [1.29, 1.82) is 0 Å². The van der Waals surface area contributed by atoms with Gasteiger partial charge in [-0.1, -0.05) is 30.3 Å². The van der Waals surface area contributed by atoms with Crippen LogP contribution in [0.3, 0.4) is 0 Å². The highest BCUT2D eigenvalue weighted by Gasteiger charge is 2.10. The Morgan fingerprint density at radius 2 is 1.76 bits per heavy atom. The Hall–Kier alpha value is -2.14. The number of sulfonamides is 1. The zero-order valence-electron chi connectivity index (χ0n) is 11.9. The van der Waals surface area contributed by atoms with Gasteiger partial charge in [-0.2, -0.15) is 12.8 Å². The number of ether oxygens (including phenoxy) is 1. The van der Waals surface area contributed by atoms with Crippen LogP contribution in [0.15, 0.2) is 63.9 Å². The van der Waals surface area contributed by atoms with Crippen LogP contribution in [0.2, 0.25) is 0 Å². The Morgan fingerprint density at radius 3 is 2.43 bits per heavy atom. The molecule has 4 nitrogen and oxygen atoms in total. The van der Waals surface area contributed by atoms with Crippen LogP contribution in [0, 0.1) is 0 Å². The molecule has 110 valence electrons. The highest BCUT2D eigenvalue weighted by molar-refractivity contribution is 7.90. The molecule has 0 amide bonds. The van der Waals surface area contributed by atoms with E-state index in [1.807, 2.05) is 19.9 Å². The largest absolute Gasteiger partial charge is 0.491 e. The van der Waals surface area contributed by atoms with Crippen LogP contribution in [0.4, 0.5) is 0 Å². The molecule has 5 heteroatoms. The topological polar surface area (TPSA) is 55.7 Å². The minimum atomic E-state index is -3.67. The molecule has 0 radical (unpaired) electrons. The second-order valence-corrected chi connectivity index (χ2v) is 6.39. The van der Waals surface area contributed by atoms with Crippen LogP contribution < -0.4 is 4.74 Å². The number of rotatable bonds is 5. The summed E-state index contributed by atoms with van der Waals surface area (Å²) in [5, 5.41) is 0. The average molecular weight is 303 g/mol. The molecule has 0 saturated carbocycles. The van der Waals surface area contributed by atoms with Crippen molar-refractivity contribution in [3.63, 3.8) is 0 Å². The van der Waals surface area contributed by atoms with Crippen LogP contribution in [0.25, 0.3) is 0 Å². The van der Waals surface area contributed by atoms with Crippen molar-refractivity contribution in [3.05, 3.63) is 60.2 Å². The first-order valence-corrected chi connectivity index (χ1v) is 8.03. The molecule has 0 aliphatic rings. The predicted octanol–water partition coefficient (Wildman–Crippen LogP) is 3.28. The van der Waals surface area contributed by atoms with Crippen LogP contribution in [0.5, 0.6) is 5.75 Å².